The molecule has 0 saturated heterocycles. The highest BCUT2D eigenvalue weighted by Gasteiger charge is 2.17. The molecular formula is C15H22ClNO2. The lowest BCUT2D eigenvalue weighted by atomic mass is 10.1. The fourth-order valence-electron chi connectivity index (χ4n) is 1.86. The average Bonchev–Trinajstić information content (AvgIpc) is 2.42. The molecule has 0 aliphatic rings. The molecule has 4 heteroatoms. The van der Waals surface area contributed by atoms with E-state index in [1.165, 1.54) is 0 Å². The number of carbonyl (C=O) groups excluding carboxylic acids is 1. The second-order valence-corrected chi connectivity index (χ2v) is 5.09. The van der Waals surface area contributed by atoms with Gasteiger partial charge in [0.05, 0.1) is 13.2 Å². The Morgan fingerprint density at radius 2 is 2.21 bits per heavy atom. The van der Waals surface area contributed by atoms with Crippen LogP contribution in [0.2, 0.25) is 5.02 Å². The van der Waals surface area contributed by atoms with Gasteiger partial charge < -0.3 is 4.74 Å². The summed E-state index contributed by atoms with van der Waals surface area (Å²) in [5.74, 6) is 0.0962. The molecule has 0 heterocycles. The van der Waals surface area contributed by atoms with Crippen LogP contribution < -0.4 is 0 Å². The van der Waals surface area contributed by atoms with Crippen LogP contribution in [-0.2, 0) is 4.74 Å². The molecule has 0 spiro atoms. The Hall–Kier alpha value is -0.900. The summed E-state index contributed by atoms with van der Waals surface area (Å²) in [5.41, 5.74) is 0.665. The van der Waals surface area contributed by atoms with Gasteiger partial charge in [-0.25, -0.2) is 0 Å². The quantitative estimate of drug-likeness (QED) is 0.686. The van der Waals surface area contributed by atoms with Gasteiger partial charge >= 0.3 is 0 Å². The summed E-state index contributed by atoms with van der Waals surface area (Å²) >= 11 is 5.91. The van der Waals surface area contributed by atoms with Crippen molar-refractivity contribution in [2.24, 2.45) is 0 Å². The Morgan fingerprint density at radius 3 is 2.79 bits per heavy atom. The van der Waals surface area contributed by atoms with Crippen molar-refractivity contribution in [3.05, 3.63) is 34.9 Å². The number of rotatable bonds is 8. The van der Waals surface area contributed by atoms with E-state index in [0.717, 1.165) is 13.0 Å². The van der Waals surface area contributed by atoms with Crippen LogP contribution in [0.25, 0.3) is 0 Å². The fraction of sp³-hybridized carbons (Fsp3) is 0.533. The van der Waals surface area contributed by atoms with E-state index in [2.05, 4.69) is 18.7 Å². The molecule has 1 atom stereocenters. The van der Waals surface area contributed by atoms with E-state index in [1.54, 1.807) is 31.4 Å². The Labute approximate surface area is 120 Å². The predicted molar refractivity (Wildman–Crippen MR) is 79.0 cm³/mol. The van der Waals surface area contributed by atoms with E-state index in [-0.39, 0.29) is 5.78 Å². The molecule has 106 valence electrons. The Kier molecular flexibility index (Phi) is 7.06. The minimum Gasteiger partial charge on any atom is -0.383 e. The van der Waals surface area contributed by atoms with Crippen molar-refractivity contribution < 1.29 is 9.53 Å². The van der Waals surface area contributed by atoms with Gasteiger partial charge in [0, 0.05) is 30.3 Å². The smallest absolute Gasteiger partial charge is 0.176 e. The van der Waals surface area contributed by atoms with Crippen molar-refractivity contribution in [3.63, 3.8) is 0 Å². The number of methoxy groups -OCH3 is 1. The Balaban J connectivity index is 2.69. The van der Waals surface area contributed by atoms with Crippen LogP contribution in [0.5, 0.6) is 0 Å². The van der Waals surface area contributed by atoms with E-state index in [0.29, 0.717) is 29.8 Å². The van der Waals surface area contributed by atoms with E-state index in [9.17, 15) is 4.79 Å². The van der Waals surface area contributed by atoms with Crippen molar-refractivity contribution in [1.29, 1.82) is 0 Å². The van der Waals surface area contributed by atoms with Crippen molar-refractivity contribution in [1.82, 2.24) is 4.90 Å². The minimum atomic E-state index is 0.0962. The second-order valence-electron chi connectivity index (χ2n) is 4.65. The average molecular weight is 284 g/mol. The zero-order valence-electron chi connectivity index (χ0n) is 11.9. The monoisotopic (exact) mass is 283 g/mol. The zero-order chi connectivity index (χ0) is 14.3. The van der Waals surface area contributed by atoms with E-state index in [4.69, 9.17) is 16.3 Å². The summed E-state index contributed by atoms with van der Waals surface area (Å²) in [5, 5.41) is 0.595. The summed E-state index contributed by atoms with van der Waals surface area (Å²) in [7, 11) is 1.67. The number of halogens is 1. The molecule has 1 aromatic carbocycles. The first-order valence-electron chi connectivity index (χ1n) is 6.60. The summed E-state index contributed by atoms with van der Waals surface area (Å²) in [4.78, 5) is 14.4. The lowest BCUT2D eigenvalue weighted by Crippen LogP contribution is -2.39. The normalized spacial score (nSPS) is 12.7. The first-order valence-corrected chi connectivity index (χ1v) is 6.98. The molecule has 0 aliphatic carbocycles. The minimum absolute atomic E-state index is 0.0962. The third kappa shape index (κ3) is 5.31. The third-order valence-electron chi connectivity index (χ3n) is 3.29. The van der Waals surface area contributed by atoms with Crippen LogP contribution in [-0.4, -0.2) is 43.5 Å². The molecule has 0 amide bonds. The highest BCUT2D eigenvalue weighted by molar-refractivity contribution is 6.31. The molecule has 3 nitrogen and oxygen atoms in total. The van der Waals surface area contributed by atoms with Crippen molar-refractivity contribution in [2.45, 2.75) is 26.3 Å². The summed E-state index contributed by atoms with van der Waals surface area (Å²) in [6, 6.07) is 7.46. The Bertz CT molecular complexity index is 409. The van der Waals surface area contributed by atoms with Gasteiger partial charge in [-0.2, -0.15) is 0 Å². The largest absolute Gasteiger partial charge is 0.383 e. The lowest BCUT2D eigenvalue weighted by molar-refractivity contribution is 0.0834. The molecule has 0 fully saturated rings. The van der Waals surface area contributed by atoms with E-state index < -0.39 is 0 Å². The molecule has 0 aliphatic heterocycles. The van der Waals surface area contributed by atoms with Gasteiger partial charge in [0.2, 0.25) is 0 Å². The predicted octanol–water partition coefficient (Wildman–Crippen LogP) is 3.27. The number of hydrogen-bond acceptors (Lipinski definition) is 3. The topological polar surface area (TPSA) is 29.5 Å². The first-order chi connectivity index (χ1) is 9.08. The number of ether oxygens (including phenoxy) is 1. The van der Waals surface area contributed by atoms with Crippen LogP contribution >= 0.6 is 11.6 Å². The number of carbonyl (C=O) groups is 1. The van der Waals surface area contributed by atoms with Gasteiger partial charge in [-0.05, 0) is 25.5 Å². The molecule has 0 bridgehead atoms. The molecule has 1 rings (SSSR count). The summed E-state index contributed by atoms with van der Waals surface area (Å²) in [6.45, 7) is 6.04. The SMILES string of the molecule is CCC(C)N(CCOC)CC(=O)c1cccc(Cl)c1. The zero-order valence-corrected chi connectivity index (χ0v) is 12.6. The van der Waals surface area contributed by atoms with Crippen LogP contribution in [0.15, 0.2) is 24.3 Å². The van der Waals surface area contributed by atoms with Gasteiger partial charge in [0.25, 0.3) is 0 Å². The number of Topliss-reactive ketones (excluding diaryl/α,β-unsaturated/α-hetero) is 1. The molecule has 0 aromatic heterocycles. The third-order valence-corrected chi connectivity index (χ3v) is 3.53. The highest BCUT2D eigenvalue weighted by atomic mass is 35.5. The van der Waals surface area contributed by atoms with Gasteiger partial charge in [-0.3, -0.25) is 9.69 Å². The van der Waals surface area contributed by atoms with Crippen LogP contribution in [0.4, 0.5) is 0 Å². The molecule has 0 saturated carbocycles. The maximum Gasteiger partial charge on any atom is 0.176 e. The number of nitrogens with zero attached hydrogens (tertiary/aromatic N) is 1. The number of ketones is 1. The van der Waals surface area contributed by atoms with E-state index >= 15 is 0 Å². The summed E-state index contributed by atoms with van der Waals surface area (Å²) < 4.78 is 5.10. The number of benzene rings is 1. The molecular weight excluding hydrogens is 262 g/mol. The molecule has 19 heavy (non-hydrogen) atoms. The highest BCUT2D eigenvalue weighted by Crippen LogP contribution is 2.13. The van der Waals surface area contributed by atoms with Crippen molar-refractivity contribution in [2.75, 3.05) is 26.8 Å². The maximum absolute atomic E-state index is 12.2. The standard InChI is InChI=1S/C15H22ClNO2/c1-4-12(2)17(8-9-19-3)11-15(18)13-6-5-7-14(16)10-13/h5-7,10,12H,4,8-9,11H2,1-3H3. The maximum atomic E-state index is 12.2. The van der Waals surface area contributed by atoms with E-state index in [1.807, 2.05) is 0 Å². The molecule has 1 unspecified atom stereocenters. The summed E-state index contributed by atoms with van der Waals surface area (Å²) in [6.07, 6.45) is 1.01. The van der Waals surface area contributed by atoms with Crippen LogP contribution in [0.1, 0.15) is 30.6 Å². The van der Waals surface area contributed by atoms with Gasteiger partial charge in [0.15, 0.2) is 5.78 Å². The van der Waals surface area contributed by atoms with Gasteiger partial charge in [-0.15, -0.1) is 0 Å². The van der Waals surface area contributed by atoms with Crippen LogP contribution in [0, 0.1) is 0 Å². The first kappa shape index (κ1) is 16.2. The lowest BCUT2D eigenvalue weighted by Gasteiger charge is -2.27. The molecule has 0 radical (unpaired) electrons. The second kappa shape index (κ2) is 8.31. The van der Waals surface area contributed by atoms with Crippen LogP contribution in [0.3, 0.4) is 0 Å². The van der Waals surface area contributed by atoms with Crippen molar-refractivity contribution >= 4 is 17.4 Å². The molecule has 1 aromatic rings. The Morgan fingerprint density at radius 1 is 1.47 bits per heavy atom. The number of hydrogen-bond donors (Lipinski definition) is 0. The molecule has 0 N–H and O–H groups in total. The van der Waals surface area contributed by atoms with Gasteiger partial charge in [-0.1, -0.05) is 30.7 Å². The fourth-order valence-corrected chi connectivity index (χ4v) is 2.05. The van der Waals surface area contributed by atoms with Crippen molar-refractivity contribution in [3.8, 4) is 0 Å². The van der Waals surface area contributed by atoms with Gasteiger partial charge in [0.1, 0.15) is 0 Å².